The van der Waals surface area contributed by atoms with Gasteiger partial charge in [0.2, 0.25) is 5.91 Å². The first-order chi connectivity index (χ1) is 9.33. The van der Waals surface area contributed by atoms with Crippen molar-refractivity contribution < 1.29 is 4.79 Å². The third-order valence-corrected chi connectivity index (χ3v) is 4.25. The lowest BCUT2D eigenvalue weighted by molar-refractivity contribution is -0.121. The molecule has 1 aliphatic rings. The predicted octanol–water partition coefficient (Wildman–Crippen LogP) is 3.56. The van der Waals surface area contributed by atoms with Crippen LogP contribution in [0.1, 0.15) is 30.0 Å². The van der Waals surface area contributed by atoms with Crippen molar-refractivity contribution >= 4 is 17.2 Å². The van der Waals surface area contributed by atoms with Gasteiger partial charge in [0.1, 0.15) is 0 Å². The number of thiophene rings is 1. The maximum absolute atomic E-state index is 12.1. The first-order valence-corrected chi connectivity index (χ1v) is 7.62. The number of carbonyl (C=O) groups excluding carboxylic acids is 1. The van der Waals surface area contributed by atoms with Crippen LogP contribution in [0.3, 0.4) is 0 Å². The maximum atomic E-state index is 12.1. The Morgan fingerprint density at radius 3 is 2.68 bits per heavy atom. The van der Waals surface area contributed by atoms with E-state index in [0.29, 0.717) is 12.3 Å². The number of carbonyl (C=O) groups is 1. The third-order valence-electron chi connectivity index (χ3n) is 3.51. The second kappa shape index (κ2) is 5.57. The molecule has 2 aromatic rings. The highest BCUT2D eigenvalue weighted by molar-refractivity contribution is 7.07. The number of amides is 1. The Bertz CT molecular complexity index is 531. The molecule has 1 amide bonds. The summed E-state index contributed by atoms with van der Waals surface area (Å²) in [6.07, 6.45) is 2.93. The normalized spacial score (nSPS) is 16.0. The van der Waals surface area contributed by atoms with Gasteiger partial charge in [-0.2, -0.15) is 11.3 Å². The van der Waals surface area contributed by atoms with E-state index in [2.05, 4.69) is 17.4 Å². The van der Waals surface area contributed by atoms with Crippen molar-refractivity contribution in [1.82, 2.24) is 5.32 Å². The molecular weight excluding hydrogens is 254 g/mol. The average molecular weight is 271 g/mol. The molecule has 19 heavy (non-hydrogen) atoms. The first-order valence-electron chi connectivity index (χ1n) is 6.68. The summed E-state index contributed by atoms with van der Waals surface area (Å²) in [6, 6.07) is 12.5. The van der Waals surface area contributed by atoms with Crippen LogP contribution in [0.5, 0.6) is 0 Å². The zero-order valence-electron chi connectivity index (χ0n) is 10.7. The Balaban J connectivity index is 1.67. The fourth-order valence-electron chi connectivity index (χ4n) is 2.37. The van der Waals surface area contributed by atoms with E-state index in [1.54, 1.807) is 11.3 Å². The summed E-state index contributed by atoms with van der Waals surface area (Å²) in [6.45, 7) is 0. The van der Waals surface area contributed by atoms with Gasteiger partial charge in [-0.15, -0.1) is 0 Å². The number of rotatable bonds is 5. The molecule has 1 N–H and O–H groups in total. The van der Waals surface area contributed by atoms with E-state index < -0.39 is 0 Å². The van der Waals surface area contributed by atoms with Crippen molar-refractivity contribution in [3.05, 3.63) is 58.3 Å². The zero-order valence-corrected chi connectivity index (χ0v) is 11.5. The van der Waals surface area contributed by atoms with E-state index in [-0.39, 0.29) is 11.9 Å². The van der Waals surface area contributed by atoms with E-state index in [1.165, 1.54) is 18.4 Å². The summed E-state index contributed by atoms with van der Waals surface area (Å²) in [5.41, 5.74) is 2.33. The first kappa shape index (κ1) is 12.4. The molecule has 1 heterocycles. The maximum Gasteiger partial charge on any atom is 0.224 e. The van der Waals surface area contributed by atoms with Gasteiger partial charge >= 0.3 is 0 Å². The lowest BCUT2D eigenvalue weighted by Crippen LogP contribution is -2.31. The summed E-state index contributed by atoms with van der Waals surface area (Å²) in [4.78, 5) is 12.1. The Morgan fingerprint density at radius 2 is 2.05 bits per heavy atom. The molecule has 2 nitrogen and oxygen atoms in total. The second-order valence-electron chi connectivity index (χ2n) is 5.10. The molecule has 1 saturated carbocycles. The van der Waals surface area contributed by atoms with E-state index in [4.69, 9.17) is 0 Å². The minimum atomic E-state index is 0.124. The molecule has 0 unspecified atom stereocenters. The van der Waals surface area contributed by atoms with Crippen LogP contribution in [0.25, 0.3) is 0 Å². The Morgan fingerprint density at radius 1 is 1.26 bits per heavy atom. The fraction of sp³-hybridized carbons (Fsp3) is 0.312. The number of benzene rings is 1. The second-order valence-corrected chi connectivity index (χ2v) is 5.88. The lowest BCUT2D eigenvalue weighted by Gasteiger charge is -2.18. The molecule has 98 valence electrons. The van der Waals surface area contributed by atoms with Crippen molar-refractivity contribution in [3.63, 3.8) is 0 Å². The van der Waals surface area contributed by atoms with Crippen LogP contribution in [0.15, 0.2) is 47.2 Å². The molecule has 1 aromatic heterocycles. The van der Waals surface area contributed by atoms with Gasteiger partial charge in [0, 0.05) is 0 Å². The Kier molecular flexibility index (Phi) is 3.65. The lowest BCUT2D eigenvalue weighted by atomic mass is 10.0. The molecule has 3 heteroatoms. The molecule has 1 atom stereocenters. The average Bonchev–Trinajstić information content (AvgIpc) is 3.15. The summed E-state index contributed by atoms with van der Waals surface area (Å²) < 4.78 is 0. The van der Waals surface area contributed by atoms with Crippen molar-refractivity contribution in [2.24, 2.45) is 5.92 Å². The van der Waals surface area contributed by atoms with Crippen LogP contribution in [0.2, 0.25) is 0 Å². The van der Waals surface area contributed by atoms with Crippen molar-refractivity contribution in [3.8, 4) is 0 Å². The Labute approximate surface area is 117 Å². The SMILES string of the molecule is O=C(Cc1ccsc1)N[C@H](c1ccccc1)C1CC1. The van der Waals surface area contributed by atoms with E-state index in [0.717, 1.165) is 5.56 Å². The van der Waals surface area contributed by atoms with E-state index >= 15 is 0 Å². The van der Waals surface area contributed by atoms with Crippen molar-refractivity contribution in [2.45, 2.75) is 25.3 Å². The predicted molar refractivity (Wildman–Crippen MR) is 78.1 cm³/mol. The smallest absolute Gasteiger partial charge is 0.224 e. The standard InChI is InChI=1S/C16H17NOS/c18-15(10-12-8-9-19-11-12)17-16(14-6-7-14)13-4-2-1-3-5-13/h1-5,8-9,11,14,16H,6-7,10H2,(H,17,18)/t16-/m1/s1. The quantitative estimate of drug-likeness (QED) is 0.885. The van der Waals surface area contributed by atoms with E-state index in [9.17, 15) is 4.79 Å². The van der Waals surface area contributed by atoms with E-state index in [1.807, 2.05) is 35.0 Å². The number of hydrogen-bond acceptors (Lipinski definition) is 2. The van der Waals surface area contributed by atoms with Gasteiger partial charge in [0.15, 0.2) is 0 Å². The number of hydrogen-bond donors (Lipinski definition) is 1. The largest absolute Gasteiger partial charge is 0.349 e. The topological polar surface area (TPSA) is 29.1 Å². The van der Waals surface area contributed by atoms with Crippen LogP contribution in [-0.2, 0) is 11.2 Å². The highest BCUT2D eigenvalue weighted by atomic mass is 32.1. The monoisotopic (exact) mass is 271 g/mol. The molecule has 3 rings (SSSR count). The highest BCUT2D eigenvalue weighted by Gasteiger charge is 2.33. The molecule has 0 aliphatic heterocycles. The van der Waals surface area contributed by atoms with Crippen molar-refractivity contribution in [2.75, 3.05) is 0 Å². The molecular formula is C16H17NOS. The molecule has 0 bridgehead atoms. The van der Waals surface area contributed by atoms with Gasteiger partial charge in [-0.05, 0) is 46.7 Å². The van der Waals surface area contributed by atoms with Gasteiger partial charge < -0.3 is 5.32 Å². The molecule has 1 fully saturated rings. The minimum absolute atomic E-state index is 0.124. The summed E-state index contributed by atoms with van der Waals surface area (Å²) in [5.74, 6) is 0.743. The summed E-state index contributed by atoms with van der Waals surface area (Å²) in [5, 5.41) is 7.25. The molecule has 0 saturated heterocycles. The molecule has 0 spiro atoms. The third kappa shape index (κ3) is 3.24. The van der Waals surface area contributed by atoms with Gasteiger partial charge in [0.05, 0.1) is 12.5 Å². The minimum Gasteiger partial charge on any atom is -0.349 e. The van der Waals surface area contributed by atoms with Gasteiger partial charge in [-0.1, -0.05) is 30.3 Å². The zero-order chi connectivity index (χ0) is 13.1. The van der Waals surface area contributed by atoms with Gasteiger partial charge in [-0.25, -0.2) is 0 Å². The summed E-state index contributed by atoms with van der Waals surface area (Å²) in [7, 11) is 0. The van der Waals surface area contributed by atoms with Crippen LogP contribution in [0.4, 0.5) is 0 Å². The van der Waals surface area contributed by atoms with Crippen LogP contribution >= 0.6 is 11.3 Å². The summed E-state index contributed by atoms with van der Waals surface area (Å²) >= 11 is 1.64. The van der Waals surface area contributed by atoms with Gasteiger partial charge in [-0.3, -0.25) is 4.79 Å². The van der Waals surface area contributed by atoms with Crippen LogP contribution < -0.4 is 5.32 Å². The molecule has 1 aliphatic carbocycles. The van der Waals surface area contributed by atoms with Crippen molar-refractivity contribution in [1.29, 1.82) is 0 Å². The molecule has 0 radical (unpaired) electrons. The Hall–Kier alpha value is -1.61. The number of nitrogens with one attached hydrogen (secondary N) is 1. The fourth-order valence-corrected chi connectivity index (χ4v) is 3.04. The van der Waals surface area contributed by atoms with Gasteiger partial charge in [0.25, 0.3) is 0 Å². The highest BCUT2D eigenvalue weighted by Crippen LogP contribution is 2.40. The van der Waals surface area contributed by atoms with Crippen LogP contribution in [0, 0.1) is 5.92 Å². The van der Waals surface area contributed by atoms with Crippen LogP contribution in [-0.4, -0.2) is 5.91 Å². The molecule has 1 aromatic carbocycles.